The summed E-state index contributed by atoms with van der Waals surface area (Å²) in [4.78, 5) is 25.4. The van der Waals surface area contributed by atoms with Crippen molar-refractivity contribution >= 4 is 28.2 Å². The number of carbonyl (C=O) groups is 2. The van der Waals surface area contributed by atoms with E-state index in [4.69, 9.17) is 14.0 Å². The first-order valence-corrected chi connectivity index (χ1v) is 10.1. The molecule has 9 heteroatoms. The zero-order chi connectivity index (χ0) is 21.7. The maximum Gasteiger partial charge on any atom is 0.341 e. The molecule has 0 radical (unpaired) electrons. The summed E-state index contributed by atoms with van der Waals surface area (Å²) in [6.45, 7) is 5.50. The third-order valence-corrected chi connectivity index (χ3v) is 5.41. The lowest BCUT2D eigenvalue weighted by Crippen LogP contribution is -2.19. The topological polar surface area (TPSA) is 90.7 Å². The lowest BCUT2D eigenvalue weighted by Gasteiger charge is -2.07. The van der Waals surface area contributed by atoms with Crippen molar-refractivity contribution in [1.29, 1.82) is 0 Å². The Morgan fingerprint density at radius 3 is 2.67 bits per heavy atom. The lowest BCUT2D eigenvalue weighted by molar-refractivity contribution is -0.121. The highest BCUT2D eigenvalue weighted by atomic mass is 32.1. The molecule has 0 fully saturated rings. The molecule has 1 aromatic carbocycles. The van der Waals surface area contributed by atoms with Gasteiger partial charge in [-0.3, -0.25) is 4.79 Å². The van der Waals surface area contributed by atoms with E-state index in [1.54, 1.807) is 25.1 Å². The van der Waals surface area contributed by atoms with Crippen molar-refractivity contribution in [3.8, 4) is 11.3 Å². The van der Waals surface area contributed by atoms with Gasteiger partial charge in [0.2, 0.25) is 0 Å². The SMILES string of the molecule is CCOC(=O)c1c(NC(=O)COCc2cc(-c3ccc(F)cc3)on2)sc(C)c1C. The summed E-state index contributed by atoms with van der Waals surface area (Å²) in [7, 11) is 0. The normalized spacial score (nSPS) is 10.8. The summed E-state index contributed by atoms with van der Waals surface area (Å²) in [5, 5.41) is 7.03. The number of aryl methyl sites for hydroxylation is 1. The fourth-order valence-corrected chi connectivity index (χ4v) is 3.77. The fraction of sp³-hybridized carbons (Fsp3) is 0.286. The zero-order valence-electron chi connectivity index (χ0n) is 16.8. The maximum absolute atomic E-state index is 13.0. The minimum Gasteiger partial charge on any atom is -0.462 e. The van der Waals surface area contributed by atoms with Gasteiger partial charge in [-0.2, -0.15) is 0 Å². The molecule has 3 aromatic rings. The molecular formula is C21H21FN2O5S. The Balaban J connectivity index is 1.55. The smallest absolute Gasteiger partial charge is 0.341 e. The zero-order valence-corrected chi connectivity index (χ0v) is 17.6. The van der Waals surface area contributed by atoms with Crippen molar-refractivity contribution in [2.24, 2.45) is 0 Å². The Bertz CT molecular complexity index is 1040. The van der Waals surface area contributed by atoms with Crippen molar-refractivity contribution in [3.05, 3.63) is 57.8 Å². The molecule has 0 atom stereocenters. The van der Waals surface area contributed by atoms with Crippen LogP contribution in [-0.4, -0.2) is 30.2 Å². The van der Waals surface area contributed by atoms with E-state index < -0.39 is 11.9 Å². The van der Waals surface area contributed by atoms with Gasteiger partial charge in [-0.25, -0.2) is 9.18 Å². The van der Waals surface area contributed by atoms with Gasteiger partial charge in [-0.15, -0.1) is 11.3 Å². The Labute approximate surface area is 176 Å². The number of rotatable bonds is 8. The van der Waals surface area contributed by atoms with Gasteiger partial charge >= 0.3 is 5.97 Å². The number of esters is 1. The van der Waals surface area contributed by atoms with E-state index in [0.717, 1.165) is 10.4 Å². The maximum atomic E-state index is 13.0. The standard InChI is InChI=1S/C21H21FN2O5S/c1-4-28-21(26)19-12(2)13(3)30-20(19)23-18(25)11-27-10-16-9-17(29-24-16)14-5-7-15(22)8-6-14/h5-9H,4,10-11H2,1-3H3,(H,23,25). The van der Waals surface area contributed by atoms with Crippen LogP contribution in [0.3, 0.4) is 0 Å². The number of aromatic nitrogens is 1. The monoisotopic (exact) mass is 432 g/mol. The highest BCUT2D eigenvalue weighted by Gasteiger charge is 2.22. The van der Waals surface area contributed by atoms with Crippen LogP contribution in [-0.2, 0) is 20.9 Å². The molecule has 0 bridgehead atoms. The molecule has 0 saturated carbocycles. The number of thiophene rings is 1. The largest absolute Gasteiger partial charge is 0.462 e. The molecule has 0 saturated heterocycles. The molecule has 1 N–H and O–H groups in total. The Hall–Kier alpha value is -3.04. The average molecular weight is 432 g/mol. The number of ether oxygens (including phenoxy) is 2. The van der Waals surface area contributed by atoms with Gasteiger partial charge in [0.05, 0.1) is 18.8 Å². The Morgan fingerprint density at radius 2 is 1.97 bits per heavy atom. The number of hydrogen-bond acceptors (Lipinski definition) is 7. The molecular weight excluding hydrogens is 411 g/mol. The molecule has 30 heavy (non-hydrogen) atoms. The summed E-state index contributed by atoms with van der Waals surface area (Å²) in [5.41, 5.74) is 2.33. The summed E-state index contributed by atoms with van der Waals surface area (Å²) in [5.74, 6) is -0.729. The van der Waals surface area contributed by atoms with Crippen LogP contribution in [0, 0.1) is 19.7 Å². The minimum absolute atomic E-state index is 0.0609. The first-order valence-electron chi connectivity index (χ1n) is 9.25. The van der Waals surface area contributed by atoms with E-state index >= 15 is 0 Å². The van der Waals surface area contributed by atoms with Gasteiger partial charge in [0, 0.05) is 16.5 Å². The van der Waals surface area contributed by atoms with Crippen molar-refractivity contribution in [3.63, 3.8) is 0 Å². The molecule has 2 heterocycles. The molecule has 0 aliphatic rings. The number of halogens is 1. The molecule has 158 valence electrons. The Kier molecular flexibility index (Phi) is 6.96. The first kappa shape index (κ1) is 21.7. The van der Waals surface area contributed by atoms with Crippen LogP contribution in [0.4, 0.5) is 9.39 Å². The summed E-state index contributed by atoms with van der Waals surface area (Å²) in [6, 6.07) is 7.49. The molecule has 1 amide bonds. The van der Waals surface area contributed by atoms with Gasteiger partial charge in [0.15, 0.2) is 5.76 Å². The van der Waals surface area contributed by atoms with Crippen LogP contribution < -0.4 is 5.32 Å². The number of hydrogen-bond donors (Lipinski definition) is 1. The van der Waals surface area contributed by atoms with E-state index in [2.05, 4.69) is 10.5 Å². The Morgan fingerprint density at radius 1 is 1.23 bits per heavy atom. The molecule has 2 aromatic heterocycles. The summed E-state index contributed by atoms with van der Waals surface area (Å²) >= 11 is 1.31. The molecule has 0 aliphatic carbocycles. The van der Waals surface area contributed by atoms with Crippen LogP contribution >= 0.6 is 11.3 Å². The quantitative estimate of drug-likeness (QED) is 0.528. The molecule has 0 spiro atoms. The minimum atomic E-state index is -0.466. The van der Waals surface area contributed by atoms with E-state index in [1.165, 1.54) is 23.5 Å². The van der Waals surface area contributed by atoms with E-state index in [0.29, 0.717) is 27.6 Å². The van der Waals surface area contributed by atoms with E-state index in [1.807, 2.05) is 13.8 Å². The van der Waals surface area contributed by atoms with E-state index in [-0.39, 0.29) is 25.6 Å². The number of amides is 1. The number of nitrogens with zero attached hydrogens (tertiary/aromatic N) is 1. The van der Waals surface area contributed by atoms with Crippen LogP contribution in [0.15, 0.2) is 34.9 Å². The molecule has 0 unspecified atom stereocenters. The van der Waals surface area contributed by atoms with Crippen LogP contribution in [0.2, 0.25) is 0 Å². The van der Waals surface area contributed by atoms with Crippen LogP contribution in [0.1, 0.15) is 33.4 Å². The van der Waals surface area contributed by atoms with Crippen molar-refractivity contribution in [2.45, 2.75) is 27.4 Å². The molecule has 3 rings (SSSR count). The van der Waals surface area contributed by atoms with Crippen molar-refractivity contribution in [2.75, 3.05) is 18.5 Å². The summed E-state index contributed by atoms with van der Waals surface area (Å²) in [6.07, 6.45) is 0. The predicted molar refractivity (Wildman–Crippen MR) is 110 cm³/mol. The average Bonchev–Trinajstić information content (AvgIpc) is 3.27. The van der Waals surface area contributed by atoms with Gasteiger partial charge in [0.25, 0.3) is 5.91 Å². The van der Waals surface area contributed by atoms with Gasteiger partial charge in [-0.1, -0.05) is 5.16 Å². The second kappa shape index (κ2) is 9.64. The number of carbonyl (C=O) groups excluding carboxylic acids is 2. The second-order valence-electron chi connectivity index (χ2n) is 6.44. The van der Waals surface area contributed by atoms with Crippen LogP contribution in [0.5, 0.6) is 0 Å². The molecule has 0 aliphatic heterocycles. The lowest BCUT2D eigenvalue weighted by atomic mass is 10.1. The number of anilines is 1. The molecule has 7 nitrogen and oxygen atoms in total. The van der Waals surface area contributed by atoms with Gasteiger partial charge < -0.3 is 19.3 Å². The highest BCUT2D eigenvalue weighted by Crippen LogP contribution is 2.33. The number of nitrogens with one attached hydrogen (secondary N) is 1. The highest BCUT2D eigenvalue weighted by molar-refractivity contribution is 7.16. The fourth-order valence-electron chi connectivity index (χ4n) is 2.71. The summed E-state index contributed by atoms with van der Waals surface area (Å²) < 4.78 is 28.7. The second-order valence-corrected chi connectivity index (χ2v) is 7.66. The van der Waals surface area contributed by atoms with Crippen molar-refractivity contribution < 1.29 is 28.0 Å². The third-order valence-electron chi connectivity index (χ3n) is 4.29. The van der Waals surface area contributed by atoms with Crippen LogP contribution in [0.25, 0.3) is 11.3 Å². The first-order chi connectivity index (χ1) is 14.4. The van der Waals surface area contributed by atoms with Crippen molar-refractivity contribution in [1.82, 2.24) is 5.16 Å². The van der Waals surface area contributed by atoms with E-state index in [9.17, 15) is 14.0 Å². The van der Waals surface area contributed by atoms with Gasteiger partial charge in [-0.05, 0) is 50.6 Å². The predicted octanol–water partition coefficient (Wildman–Crippen LogP) is 4.49. The number of benzene rings is 1. The third kappa shape index (κ3) is 5.11. The van der Waals surface area contributed by atoms with Gasteiger partial charge in [0.1, 0.15) is 23.1 Å².